The highest BCUT2D eigenvalue weighted by atomic mass is 16.3. The fourth-order valence-corrected chi connectivity index (χ4v) is 3.35. The molecular weight excluding hydrogens is 346 g/mol. The first-order valence-corrected chi connectivity index (χ1v) is 11.0. The molecule has 0 saturated carbocycles. The van der Waals surface area contributed by atoms with Gasteiger partial charge in [0, 0.05) is 0 Å². The minimum absolute atomic E-state index is 0.137. The van der Waals surface area contributed by atoms with Crippen molar-refractivity contribution in [3.8, 4) is 0 Å². The molecule has 0 amide bonds. The van der Waals surface area contributed by atoms with E-state index in [0.717, 1.165) is 64.2 Å². The van der Waals surface area contributed by atoms with Crippen molar-refractivity contribution in [2.75, 3.05) is 13.2 Å². The molecule has 0 radical (unpaired) electrons. The average molecular weight is 392 g/mol. The van der Waals surface area contributed by atoms with Gasteiger partial charge in [-0.05, 0) is 19.3 Å². The maximum atomic E-state index is 9.96. The Kier molecular flexibility index (Phi) is 16.5. The van der Waals surface area contributed by atoms with Crippen LogP contribution >= 0.6 is 0 Å². The van der Waals surface area contributed by atoms with Crippen molar-refractivity contribution in [1.29, 1.82) is 0 Å². The van der Waals surface area contributed by atoms with Crippen molar-refractivity contribution in [2.24, 2.45) is 5.73 Å². The van der Waals surface area contributed by atoms with E-state index < -0.39 is 31.0 Å². The first-order chi connectivity index (χ1) is 12.9. The third kappa shape index (κ3) is 12.8. The molecule has 0 aromatic heterocycles. The van der Waals surface area contributed by atoms with Crippen LogP contribution in [0.1, 0.15) is 96.8 Å². The van der Waals surface area contributed by atoms with Crippen LogP contribution in [0.25, 0.3) is 0 Å². The molecule has 0 bridgehead atoms. The highest BCUT2D eigenvalue weighted by Crippen LogP contribution is 2.17. The normalized spacial score (nSPS) is 15.7. The largest absolute Gasteiger partial charge is 0.394 e. The standard InChI is InChI=1S/C21H45NO5/c1-2-3-4-10-13-18(25)14-11-8-6-5-7-9-12-15-19(26)20(27)21(22,16-23)17-24/h18-20,23-27H,2-17,22H2,1H3. The molecule has 0 fully saturated rings. The van der Waals surface area contributed by atoms with Gasteiger partial charge in [0.1, 0.15) is 6.10 Å². The van der Waals surface area contributed by atoms with Gasteiger partial charge in [-0.3, -0.25) is 0 Å². The maximum Gasteiger partial charge on any atom is 0.102 e. The minimum Gasteiger partial charge on any atom is -0.394 e. The van der Waals surface area contributed by atoms with Crippen molar-refractivity contribution in [2.45, 2.75) is 121 Å². The predicted molar refractivity (Wildman–Crippen MR) is 109 cm³/mol. The summed E-state index contributed by atoms with van der Waals surface area (Å²) in [6.07, 6.45) is 12.0. The van der Waals surface area contributed by atoms with Gasteiger partial charge in [0.25, 0.3) is 0 Å². The lowest BCUT2D eigenvalue weighted by Crippen LogP contribution is -2.61. The monoisotopic (exact) mass is 391 g/mol. The highest BCUT2D eigenvalue weighted by Gasteiger charge is 2.37. The Morgan fingerprint density at radius 3 is 1.52 bits per heavy atom. The summed E-state index contributed by atoms with van der Waals surface area (Å²) >= 11 is 0. The number of aliphatic hydroxyl groups excluding tert-OH is 5. The lowest BCUT2D eigenvalue weighted by atomic mass is 9.89. The first-order valence-electron chi connectivity index (χ1n) is 11.0. The van der Waals surface area contributed by atoms with Crippen LogP contribution in [0.15, 0.2) is 0 Å². The molecule has 27 heavy (non-hydrogen) atoms. The van der Waals surface area contributed by atoms with Gasteiger partial charge < -0.3 is 31.3 Å². The predicted octanol–water partition coefficient (Wildman–Crippen LogP) is 2.23. The van der Waals surface area contributed by atoms with Crippen LogP contribution < -0.4 is 5.73 Å². The Morgan fingerprint density at radius 1 is 0.667 bits per heavy atom. The summed E-state index contributed by atoms with van der Waals surface area (Å²) in [4.78, 5) is 0. The second-order valence-corrected chi connectivity index (χ2v) is 8.12. The summed E-state index contributed by atoms with van der Waals surface area (Å²) in [7, 11) is 0. The van der Waals surface area contributed by atoms with Crippen LogP contribution in [0.3, 0.4) is 0 Å². The third-order valence-electron chi connectivity index (χ3n) is 5.47. The Balaban J connectivity index is 3.54. The molecule has 3 atom stereocenters. The van der Waals surface area contributed by atoms with Crippen molar-refractivity contribution in [3.05, 3.63) is 0 Å². The number of aliphatic hydroxyl groups is 5. The summed E-state index contributed by atoms with van der Waals surface area (Å²) in [5.74, 6) is 0. The van der Waals surface area contributed by atoms with E-state index in [-0.39, 0.29) is 6.10 Å². The first kappa shape index (κ1) is 26.8. The quantitative estimate of drug-likeness (QED) is 0.187. The van der Waals surface area contributed by atoms with E-state index in [0.29, 0.717) is 6.42 Å². The molecule has 0 aliphatic rings. The van der Waals surface area contributed by atoms with Crippen molar-refractivity contribution >= 4 is 0 Å². The van der Waals surface area contributed by atoms with E-state index in [1.165, 1.54) is 19.3 Å². The Bertz CT molecular complexity index is 326. The number of hydrogen-bond acceptors (Lipinski definition) is 6. The zero-order valence-electron chi connectivity index (χ0n) is 17.4. The van der Waals surface area contributed by atoms with E-state index in [4.69, 9.17) is 15.9 Å². The van der Waals surface area contributed by atoms with Gasteiger partial charge in [-0.15, -0.1) is 0 Å². The topological polar surface area (TPSA) is 127 Å². The van der Waals surface area contributed by atoms with Crippen molar-refractivity contribution in [3.63, 3.8) is 0 Å². The Hall–Kier alpha value is -0.240. The molecule has 0 rings (SSSR count). The van der Waals surface area contributed by atoms with Gasteiger partial charge >= 0.3 is 0 Å². The summed E-state index contributed by atoms with van der Waals surface area (Å²) < 4.78 is 0. The zero-order chi connectivity index (χ0) is 20.5. The van der Waals surface area contributed by atoms with Crippen LogP contribution in [-0.2, 0) is 0 Å². The van der Waals surface area contributed by atoms with Gasteiger partial charge in [-0.2, -0.15) is 0 Å². The van der Waals surface area contributed by atoms with Crippen molar-refractivity contribution in [1.82, 2.24) is 0 Å². The molecule has 3 unspecified atom stereocenters. The number of rotatable bonds is 19. The van der Waals surface area contributed by atoms with Crippen LogP contribution in [-0.4, -0.2) is 62.6 Å². The summed E-state index contributed by atoms with van der Waals surface area (Å²) in [5, 5.41) is 48.1. The van der Waals surface area contributed by atoms with Crippen LogP contribution in [0.2, 0.25) is 0 Å². The number of nitrogens with two attached hydrogens (primary N) is 1. The molecule has 164 valence electrons. The lowest BCUT2D eigenvalue weighted by molar-refractivity contribution is -0.0660. The second-order valence-electron chi connectivity index (χ2n) is 8.12. The van der Waals surface area contributed by atoms with Gasteiger partial charge in [0.05, 0.1) is 31.0 Å². The Morgan fingerprint density at radius 2 is 1.07 bits per heavy atom. The molecule has 7 N–H and O–H groups in total. The molecule has 0 aromatic carbocycles. The second kappa shape index (κ2) is 16.7. The van der Waals surface area contributed by atoms with E-state index >= 15 is 0 Å². The zero-order valence-corrected chi connectivity index (χ0v) is 17.4. The molecule has 6 heteroatoms. The SMILES string of the molecule is CCCCCCC(O)CCCCCCCCCC(O)C(O)C(N)(CO)CO. The molecule has 0 saturated heterocycles. The van der Waals surface area contributed by atoms with Gasteiger partial charge in [0.15, 0.2) is 0 Å². The molecule has 0 heterocycles. The summed E-state index contributed by atoms with van der Waals surface area (Å²) in [6.45, 7) is 1.05. The van der Waals surface area contributed by atoms with Crippen molar-refractivity contribution < 1.29 is 25.5 Å². The van der Waals surface area contributed by atoms with Gasteiger partial charge in [-0.25, -0.2) is 0 Å². The molecule has 0 spiro atoms. The smallest absolute Gasteiger partial charge is 0.102 e. The maximum absolute atomic E-state index is 9.96. The van der Waals surface area contributed by atoms with E-state index in [2.05, 4.69) is 6.92 Å². The van der Waals surface area contributed by atoms with Crippen LogP contribution in [0, 0.1) is 0 Å². The average Bonchev–Trinajstić information content (AvgIpc) is 2.68. The van der Waals surface area contributed by atoms with E-state index in [9.17, 15) is 15.3 Å². The van der Waals surface area contributed by atoms with E-state index in [1.807, 2.05) is 0 Å². The molecule has 6 nitrogen and oxygen atoms in total. The molecule has 0 aliphatic heterocycles. The fourth-order valence-electron chi connectivity index (χ4n) is 3.35. The minimum atomic E-state index is -1.56. The molecule has 0 aliphatic carbocycles. The third-order valence-corrected chi connectivity index (χ3v) is 5.47. The fraction of sp³-hybridized carbons (Fsp3) is 1.00. The lowest BCUT2D eigenvalue weighted by Gasteiger charge is -2.33. The van der Waals surface area contributed by atoms with Crippen LogP contribution in [0.5, 0.6) is 0 Å². The van der Waals surface area contributed by atoms with E-state index in [1.54, 1.807) is 0 Å². The molecule has 0 aromatic rings. The van der Waals surface area contributed by atoms with Gasteiger partial charge in [-0.1, -0.05) is 77.6 Å². The highest BCUT2D eigenvalue weighted by molar-refractivity contribution is 4.94. The number of hydrogen-bond donors (Lipinski definition) is 6. The summed E-state index contributed by atoms with van der Waals surface area (Å²) in [6, 6.07) is 0. The Labute approximate surface area is 165 Å². The van der Waals surface area contributed by atoms with Crippen LogP contribution in [0.4, 0.5) is 0 Å². The summed E-state index contributed by atoms with van der Waals surface area (Å²) in [5.41, 5.74) is 4.12. The number of unbranched alkanes of at least 4 members (excludes halogenated alkanes) is 9. The molecular formula is C21H45NO5. The van der Waals surface area contributed by atoms with Gasteiger partial charge in [0.2, 0.25) is 0 Å².